The van der Waals surface area contributed by atoms with Gasteiger partial charge in [0.15, 0.2) is 0 Å². The molecule has 1 heterocycles. The van der Waals surface area contributed by atoms with E-state index >= 15 is 0 Å². The Labute approximate surface area is 149 Å². The Morgan fingerprint density at radius 1 is 0.913 bits per heavy atom. The number of carbonyl (C=O) groups is 1. The van der Waals surface area contributed by atoms with E-state index in [1.807, 2.05) is 0 Å². The minimum absolute atomic E-state index is 0.155. The molecule has 0 saturated heterocycles. The van der Waals surface area contributed by atoms with Crippen molar-refractivity contribution in [1.29, 1.82) is 0 Å². The highest BCUT2D eigenvalue weighted by atomic mass is 35.5. The van der Waals surface area contributed by atoms with E-state index in [1.54, 1.807) is 0 Å². The van der Waals surface area contributed by atoms with Crippen LogP contribution in [0.25, 0.3) is 0 Å². The third kappa shape index (κ3) is 5.96. The Morgan fingerprint density at radius 3 is 2.04 bits per heavy atom. The van der Waals surface area contributed by atoms with Gasteiger partial charge in [-0.2, -0.15) is 0 Å². The van der Waals surface area contributed by atoms with Crippen molar-refractivity contribution in [2.24, 2.45) is 0 Å². The van der Waals surface area contributed by atoms with Gasteiger partial charge in [0.1, 0.15) is 15.9 Å². The van der Waals surface area contributed by atoms with Crippen molar-refractivity contribution < 1.29 is 9.53 Å². The van der Waals surface area contributed by atoms with Gasteiger partial charge in [-0.1, -0.05) is 63.2 Å². The maximum atomic E-state index is 12.5. The van der Waals surface area contributed by atoms with Crippen molar-refractivity contribution in [3.63, 3.8) is 0 Å². The summed E-state index contributed by atoms with van der Waals surface area (Å²) in [6.07, 6.45) is 7.49. The Balaban J connectivity index is 3.20. The normalized spacial score (nSPS) is 10.8. The largest absolute Gasteiger partial charge is 0.462 e. The summed E-state index contributed by atoms with van der Waals surface area (Å²) in [5, 5.41) is 0.572. The molecule has 0 aliphatic heterocycles. The molecule has 1 aromatic rings. The van der Waals surface area contributed by atoms with E-state index in [1.165, 1.54) is 0 Å². The summed E-state index contributed by atoms with van der Waals surface area (Å²) in [5.41, 5.74) is 2.28. The Bertz CT molecular complexity index is 518. The lowest BCUT2D eigenvalue weighted by Crippen LogP contribution is -2.14. The molecular weight excluding hydrogens is 333 g/mol. The molecule has 5 heteroatoms. The summed E-state index contributed by atoms with van der Waals surface area (Å²) >= 11 is 12.5. The van der Waals surface area contributed by atoms with Crippen molar-refractivity contribution in [1.82, 2.24) is 4.98 Å². The monoisotopic (exact) mass is 359 g/mol. The van der Waals surface area contributed by atoms with Crippen LogP contribution < -0.4 is 0 Å². The molecule has 0 amide bonds. The van der Waals surface area contributed by atoms with Crippen molar-refractivity contribution >= 4 is 29.2 Å². The molecule has 0 aromatic carbocycles. The number of carbonyl (C=O) groups excluding carboxylic acids is 1. The number of unbranched alkanes of at least 4 members (excludes halogenated alkanes) is 3. The molecule has 23 heavy (non-hydrogen) atoms. The van der Waals surface area contributed by atoms with Gasteiger partial charge in [0.05, 0.1) is 6.61 Å². The fourth-order valence-corrected chi connectivity index (χ4v) is 3.05. The van der Waals surface area contributed by atoms with Crippen molar-refractivity contribution in [2.45, 2.75) is 72.1 Å². The molecule has 3 nitrogen and oxygen atoms in total. The van der Waals surface area contributed by atoms with Crippen molar-refractivity contribution in [3.05, 3.63) is 27.0 Å². The van der Waals surface area contributed by atoms with Crippen LogP contribution in [0.2, 0.25) is 10.3 Å². The van der Waals surface area contributed by atoms with E-state index in [0.717, 1.165) is 62.5 Å². The second-order valence-corrected chi connectivity index (χ2v) is 6.44. The van der Waals surface area contributed by atoms with Gasteiger partial charge in [-0.3, -0.25) is 0 Å². The quantitative estimate of drug-likeness (QED) is 0.290. The SMILES string of the molecule is CCCCOC(=O)c1c(Cl)nc(Cl)c(CCCC)c1CCCC. The van der Waals surface area contributed by atoms with Crippen LogP contribution >= 0.6 is 23.2 Å². The van der Waals surface area contributed by atoms with E-state index in [2.05, 4.69) is 25.8 Å². The average molecular weight is 360 g/mol. The molecule has 0 radical (unpaired) electrons. The number of rotatable bonds is 10. The lowest BCUT2D eigenvalue weighted by Gasteiger charge is -2.16. The molecular formula is C18H27Cl2NO2. The summed E-state index contributed by atoms with van der Waals surface area (Å²) in [4.78, 5) is 16.6. The highest BCUT2D eigenvalue weighted by Crippen LogP contribution is 2.30. The van der Waals surface area contributed by atoms with Gasteiger partial charge in [-0.25, -0.2) is 9.78 Å². The van der Waals surface area contributed by atoms with Gasteiger partial charge in [0.25, 0.3) is 0 Å². The van der Waals surface area contributed by atoms with E-state index in [0.29, 0.717) is 17.3 Å². The highest BCUT2D eigenvalue weighted by molar-refractivity contribution is 6.35. The Morgan fingerprint density at radius 2 is 1.48 bits per heavy atom. The summed E-state index contributed by atoms with van der Waals surface area (Å²) in [6.45, 7) is 6.71. The van der Waals surface area contributed by atoms with Crippen molar-refractivity contribution in [2.75, 3.05) is 6.61 Å². The topological polar surface area (TPSA) is 39.2 Å². The maximum absolute atomic E-state index is 12.5. The number of pyridine rings is 1. The molecule has 0 N–H and O–H groups in total. The number of hydrogen-bond donors (Lipinski definition) is 0. The molecule has 0 bridgehead atoms. The first kappa shape index (κ1) is 20.2. The average Bonchev–Trinajstić information content (AvgIpc) is 2.52. The third-order valence-corrected chi connectivity index (χ3v) is 4.40. The van der Waals surface area contributed by atoms with Crippen molar-refractivity contribution in [3.8, 4) is 0 Å². The van der Waals surface area contributed by atoms with Crippen LogP contribution in [0.4, 0.5) is 0 Å². The minimum Gasteiger partial charge on any atom is -0.462 e. The van der Waals surface area contributed by atoms with E-state index in [4.69, 9.17) is 27.9 Å². The molecule has 0 aliphatic rings. The zero-order valence-electron chi connectivity index (χ0n) is 14.4. The van der Waals surface area contributed by atoms with Crippen LogP contribution in [-0.2, 0) is 17.6 Å². The van der Waals surface area contributed by atoms with Crippen LogP contribution in [0.15, 0.2) is 0 Å². The molecule has 0 spiro atoms. The minimum atomic E-state index is -0.378. The summed E-state index contributed by atoms with van der Waals surface area (Å²) in [7, 11) is 0. The zero-order chi connectivity index (χ0) is 17.2. The van der Waals surface area contributed by atoms with E-state index in [9.17, 15) is 4.79 Å². The first-order valence-electron chi connectivity index (χ1n) is 8.60. The van der Waals surface area contributed by atoms with Gasteiger partial charge in [-0.05, 0) is 43.2 Å². The number of hydrogen-bond acceptors (Lipinski definition) is 3. The number of halogens is 2. The van der Waals surface area contributed by atoms with E-state index < -0.39 is 0 Å². The van der Waals surface area contributed by atoms with Gasteiger partial charge in [0, 0.05) is 0 Å². The third-order valence-electron chi connectivity index (χ3n) is 3.81. The molecule has 0 saturated carbocycles. The van der Waals surface area contributed by atoms with Crippen LogP contribution in [0.5, 0.6) is 0 Å². The van der Waals surface area contributed by atoms with Gasteiger partial charge in [-0.15, -0.1) is 0 Å². The van der Waals surface area contributed by atoms with Gasteiger partial charge >= 0.3 is 5.97 Å². The fourth-order valence-electron chi connectivity index (χ4n) is 2.44. The zero-order valence-corrected chi connectivity index (χ0v) is 15.9. The molecule has 0 atom stereocenters. The molecule has 1 aromatic heterocycles. The first-order valence-corrected chi connectivity index (χ1v) is 9.36. The Kier molecular flexibility index (Phi) is 9.57. The van der Waals surface area contributed by atoms with Crippen LogP contribution in [0, 0.1) is 0 Å². The summed E-state index contributed by atoms with van der Waals surface area (Å²) in [6, 6.07) is 0. The second-order valence-electron chi connectivity index (χ2n) is 5.72. The molecule has 0 unspecified atom stereocenters. The molecule has 130 valence electrons. The lowest BCUT2D eigenvalue weighted by atomic mass is 9.95. The predicted octanol–water partition coefficient (Wildman–Crippen LogP) is 6.03. The van der Waals surface area contributed by atoms with Crippen LogP contribution in [0.1, 0.15) is 80.8 Å². The number of nitrogens with zero attached hydrogens (tertiary/aromatic N) is 1. The highest BCUT2D eigenvalue weighted by Gasteiger charge is 2.23. The summed E-state index contributed by atoms with van der Waals surface area (Å²) in [5.74, 6) is -0.378. The molecule has 0 aliphatic carbocycles. The predicted molar refractivity (Wildman–Crippen MR) is 96.7 cm³/mol. The smallest absolute Gasteiger partial charge is 0.341 e. The number of aromatic nitrogens is 1. The second kappa shape index (κ2) is 10.9. The number of ether oxygens (including phenoxy) is 1. The first-order chi connectivity index (χ1) is 11.1. The van der Waals surface area contributed by atoms with E-state index in [-0.39, 0.29) is 11.1 Å². The Hall–Kier alpha value is -0.800. The summed E-state index contributed by atoms with van der Waals surface area (Å²) < 4.78 is 5.36. The van der Waals surface area contributed by atoms with Crippen LogP contribution in [0.3, 0.4) is 0 Å². The standard InChI is InChI=1S/C18H27Cl2NO2/c1-4-7-10-13-14(11-8-5-2)16(19)21-17(20)15(13)18(22)23-12-9-6-3/h4-12H2,1-3H3. The number of esters is 1. The molecule has 0 fully saturated rings. The molecule has 1 rings (SSSR count). The van der Waals surface area contributed by atoms with Gasteiger partial charge in [0.2, 0.25) is 0 Å². The van der Waals surface area contributed by atoms with Gasteiger partial charge < -0.3 is 4.74 Å². The maximum Gasteiger partial charge on any atom is 0.341 e. The fraction of sp³-hybridized carbons (Fsp3) is 0.667. The van der Waals surface area contributed by atoms with Crippen LogP contribution in [-0.4, -0.2) is 17.6 Å². The lowest BCUT2D eigenvalue weighted by molar-refractivity contribution is 0.0498.